The zero-order chi connectivity index (χ0) is 10.1. The maximum Gasteiger partial charge on any atom is 0.121 e. The van der Waals surface area contributed by atoms with Crippen molar-refractivity contribution < 1.29 is 5.11 Å². The third-order valence-corrected chi connectivity index (χ3v) is 2.48. The average Bonchev–Trinajstić information content (AvgIpc) is 2.60. The van der Waals surface area contributed by atoms with Crippen molar-refractivity contribution in [2.75, 3.05) is 7.05 Å². The topological polar surface area (TPSA) is 48.0 Å². The largest absolute Gasteiger partial charge is 0.508 e. The molecule has 3 heteroatoms. The maximum absolute atomic E-state index is 9.78. The number of rotatable bonds is 2. The van der Waals surface area contributed by atoms with Gasteiger partial charge in [-0.25, -0.2) is 0 Å². The van der Waals surface area contributed by atoms with Gasteiger partial charge in [0.2, 0.25) is 0 Å². The summed E-state index contributed by atoms with van der Waals surface area (Å²) in [5.74, 6) is 0.365. The predicted octanol–water partition coefficient (Wildman–Crippen LogP) is 1.90. The highest BCUT2D eigenvalue weighted by Crippen LogP contribution is 2.29. The Morgan fingerprint density at radius 3 is 3.00 bits per heavy atom. The van der Waals surface area contributed by atoms with Gasteiger partial charge < -0.3 is 15.4 Å². The third-order valence-electron chi connectivity index (χ3n) is 2.48. The van der Waals surface area contributed by atoms with E-state index < -0.39 is 0 Å². The molecule has 0 radical (unpaired) electrons. The molecule has 0 spiro atoms. The zero-order valence-corrected chi connectivity index (χ0v) is 8.39. The number of benzene rings is 1. The number of nitrogens with one attached hydrogen (secondary N) is 2. The SMILES string of the molecule is CNCc1c(O)cc(C)c2[nH]ccc12. The van der Waals surface area contributed by atoms with Gasteiger partial charge in [-0.3, -0.25) is 0 Å². The van der Waals surface area contributed by atoms with Crippen LogP contribution >= 0.6 is 0 Å². The minimum Gasteiger partial charge on any atom is -0.508 e. The Balaban J connectivity index is 2.73. The highest BCUT2D eigenvalue weighted by atomic mass is 16.3. The Bertz CT molecular complexity index is 460. The number of hydrogen-bond donors (Lipinski definition) is 3. The predicted molar refractivity (Wildman–Crippen MR) is 57.5 cm³/mol. The summed E-state index contributed by atoms with van der Waals surface area (Å²) >= 11 is 0. The van der Waals surface area contributed by atoms with Crippen molar-refractivity contribution in [1.29, 1.82) is 0 Å². The molecule has 1 heterocycles. The Morgan fingerprint density at radius 2 is 2.29 bits per heavy atom. The number of hydrogen-bond acceptors (Lipinski definition) is 2. The smallest absolute Gasteiger partial charge is 0.121 e. The molecule has 2 rings (SSSR count). The van der Waals surface area contributed by atoms with E-state index in [1.165, 1.54) is 0 Å². The minimum atomic E-state index is 0.365. The van der Waals surface area contributed by atoms with Gasteiger partial charge in [-0.15, -0.1) is 0 Å². The van der Waals surface area contributed by atoms with E-state index in [-0.39, 0.29) is 0 Å². The van der Waals surface area contributed by atoms with Gasteiger partial charge in [0.1, 0.15) is 5.75 Å². The van der Waals surface area contributed by atoms with Crippen LogP contribution < -0.4 is 5.32 Å². The molecule has 0 aliphatic heterocycles. The number of aryl methyl sites for hydroxylation is 1. The number of phenolic OH excluding ortho intramolecular Hbond substituents is 1. The molecule has 14 heavy (non-hydrogen) atoms. The fourth-order valence-corrected chi connectivity index (χ4v) is 1.81. The second-order valence-electron chi connectivity index (χ2n) is 3.49. The van der Waals surface area contributed by atoms with Crippen LogP contribution in [0.3, 0.4) is 0 Å². The summed E-state index contributed by atoms with van der Waals surface area (Å²) in [5, 5.41) is 13.9. The van der Waals surface area contributed by atoms with Crippen molar-refractivity contribution in [2.45, 2.75) is 13.5 Å². The van der Waals surface area contributed by atoms with Gasteiger partial charge in [0.15, 0.2) is 0 Å². The second kappa shape index (κ2) is 3.35. The summed E-state index contributed by atoms with van der Waals surface area (Å²) in [5.41, 5.74) is 3.13. The van der Waals surface area contributed by atoms with Crippen LogP contribution in [0.15, 0.2) is 18.3 Å². The van der Waals surface area contributed by atoms with E-state index in [0.29, 0.717) is 12.3 Å². The number of phenols is 1. The standard InChI is InChI=1S/C11H14N2O/c1-7-5-10(14)9(6-12-2)8-3-4-13-11(7)8/h3-5,12-14H,6H2,1-2H3. The Kier molecular flexibility index (Phi) is 2.17. The summed E-state index contributed by atoms with van der Waals surface area (Å²) in [6, 6.07) is 3.79. The zero-order valence-electron chi connectivity index (χ0n) is 8.39. The minimum absolute atomic E-state index is 0.365. The first-order chi connectivity index (χ1) is 6.74. The Morgan fingerprint density at radius 1 is 1.50 bits per heavy atom. The lowest BCUT2D eigenvalue weighted by molar-refractivity contribution is 0.467. The number of fused-ring (bicyclic) bond motifs is 1. The molecule has 0 bridgehead atoms. The van der Waals surface area contributed by atoms with E-state index in [0.717, 1.165) is 22.0 Å². The lowest BCUT2D eigenvalue weighted by Gasteiger charge is -2.07. The second-order valence-corrected chi connectivity index (χ2v) is 3.49. The quantitative estimate of drug-likeness (QED) is 0.677. The first kappa shape index (κ1) is 9.09. The van der Waals surface area contributed by atoms with E-state index in [2.05, 4.69) is 10.3 Å². The Labute approximate surface area is 82.8 Å². The molecule has 2 aromatic rings. The van der Waals surface area contributed by atoms with Gasteiger partial charge >= 0.3 is 0 Å². The molecule has 1 aromatic heterocycles. The van der Waals surface area contributed by atoms with Gasteiger partial charge in [-0.2, -0.15) is 0 Å². The van der Waals surface area contributed by atoms with Crippen molar-refractivity contribution in [3.63, 3.8) is 0 Å². The number of aromatic hydroxyl groups is 1. The Hall–Kier alpha value is -1.48. The summed E-state index contributed by atoms with van der Waals surface area (Å²) in [6.45, 7) is 2.67. The van der Waals surface area contributed by atoms with Crippen molar-refractivity contribution in [3.8, 4) is 5.75 Å². The van der Waals surface area contributed by atoms with E-state index in [1.54, 1.807) is 6.07 Å². The van der Waals surface area contributed by atoms with Gasteiger partial charge in [0, 0.05) is 29.2 Å². The highest BCUT2D eigenvalue weighted by Gasteiger charge is 2.09. The van der Waals surface area contributed by atoms with Gasteiger partial charge in [0.25, 0.3) is 0 Å². The molecule has 1 aromatic carbocycles. The lowest BCUT2D eigenvalue weighted by atomic mass is 10.1. The van der Waals surface area contributed by atoms with Crippen LogP contribution in [0, 0.1) is 6.92 Å². The van der Waals surface area contributed by atoms with Crippen LogP contribution in [0.4, 0.5) is 0 Å². The van der Waals surface area contributed by atoms with Crippen LogP contribution in [-0.4, -0.2) is 17.1 Å². The normalized spacial score (nSPS) is 11.0. The van der Waals surface area contributed by atoms with Crippen LogP contribution in [0.5, 0.6) is 5.75 Å². The van der Waals surface area contributed by atoms with Gasteiger partial charge in [0.05, 0.1) is 0 Å². The molecule has 74 valence electrons. The monoisotopic (exact) mass is 190 g/mol. The van der Waals surface area contributed by atoms with Gasteiger partial charge in [-0.1, -0.05) is 0 Å². The first-order valence-electron chi connectivity index (χ1n) is 4.67. The summed E-state index contributed by atoms with van der Waals surface area (Å²) in [7, 11) is 1.87. The highest BCUT2D eigenvalue weighted by molar-refractivity contribution is 5.87. The average molecular weight is 190 g/mol. The van der Waals surface area contributed by atoms with Crippen LogP contribution in [0.25, 0.3) is 10.9 Å². The van der Waals surface area contributed by atoms with Gasteiger partial charge in [-0.05, 0) is 31.7 Å². The van der Waals surface area contributed by atoms with Crippen molar-refractivity contribution in [3.05, 3.63) is 29.5 Å². The molecule has 0 saturated carbocycles. The molecule has 0 atom stereocenters. The van der Waals surface area contributed by atoms with E-state index in [1.807, 2.05) is 26.2 Å². The molecule has 3 nitrogen and oxygen atoms in total. The van der Waals surface area contributed by atoms with E-state index in [4.69, 9.17) is 0 Å². The number of aromatic nitrogens is 1. The first-order valence-corrected chi connectivity index (χ1v) is 4.67. The van der Waals surface area contributed by atoms with E-state index >= 15 is 0 Å². The molecule has 0 amide bonds. The van der Waals surface area contributed by atoms with Crippen LogP contribution in [0.2, 0.25) is 0 Å². The third kappa shape index (κ3) is 1.26. The number of H-pyrrole nitrogens is 1. The maximum atomic E-state index is 9.78. The van der Waals surface area contributed by atoms with Crippen molar-refractivity contribution in [2.24, 2.45) is 0 Å². The molecule has 0 fully saturated rings. The molecular formula is C11H14N2O. The number of aromatic amines is 1. The van der Waals surface area contributed by atoms with Crippen LogP contribution in [-0.2, 0) is 6.54 Å². The lowest BCUT2D eigenvalue weighted by Crippen LogP contribution is -2.05. The van der Waals surface area contributed by atoms with Crippen LogP contribution in [0.1, 0.15) is 11.1 Å². The molecule has 0 aliphatic carbocycles. The fourth-order valence-electron chi connectivity index (χ4n) is 1.81. The molecule has 0 saturated heterocycles. The molecule has 3 N–H and O–H groups in total. The fraction of sp³-hybridized carbons (Fsp3) is 0.273. The summed E-state index contributed by atoms with van der Waals surface area (Å²) in [4.78, 5) is 3.17. The van der Waals surface area contributed by atoms with Crippen molar-refractivity contribution >= 4 is 10.9 Å². The van der Waals surface area contributed by atoms with Crippen molar-refractivity contribution in [1.82, 2.24) is 10.3 Å². The summed E-state index contributed by atoms with van der Waals surface area (Å²) < 4.78 is 0. The summed E-state index contributed by atoms with van der Waals surface area (Å²) in [6.07, 6.45) is 1.90. The molecular weight excluding hydrogens is 176 g/mol. The molecule has 0 unspecified atom stereocenters. The van der Waals surface area contributed by atoms with E-state index in [9.17, 15) is 5.11 Å². The molecule has 0 aliphatic rings.